The van der Waals surface area contributed by atoms with Crippen molar-refractivity contribution in [1.82, 2.24) is 0 Å². The molecule has 0 saturated carbocycles. The molecule has 0 fully saturated rings. The zero-order valence-corrected chi connectivity index (χ0v) is 12.7. The molecule has 1 unspecified atom stereocenters. The molecule has 0 heterocycles. The first-order valence-corrected chi connectivity index (χ1v) is 7.15. The SMILES string of the molecule is CC(CC(C)(C)c1ccccc1)Nc1cc(F)ccc1F. The Balaban J connectivity index is 2.07. The van der Waals surface area contributed by atoms with E-state index in [2.05, 4.69) is 31.3 Å². The van der Waals surface area contributed by atoms with Crippen molar-refractivity contribution < 1.29 is 8.78 Å². The number of nitrogens with one attached hydrogen (secondary N) is 1. The van der Waals surface area contributed by atoms with Gasteiger partial charge in [0.15, 0.2) is 0 Å². The lowest BCUT2D eigenvalue weighted by atomic mass is 9.79. The monoisotopic (exact) mass is 289 g/mol. The van der Waals surface area contributed by atoms with Crippen molar-refractivity contribution in [3.63, 3.8) is 0 Å². The highest BCUT2D eigenvalue weighted by atomic mass is 19.1. The van der Waals surface area contributed by atoms with E-state index in [1.807, 2.05) is 25.1 Å². The molecule has 0 spiro atoms. The first kappa shape index (κ1) is 15.5. The fourth-order valence-corrected chi connectivity index (χ4v) is 2.70. The maximum absolute atomic E-state index is 13.7. The van der Waals surface area contributed by atoms with Crippen LogP contribution in [0, 0.1) is 11.6 Å². The van der Waals surface area contributed by atoms with Gasteiger partial charge in [0.1, 0.15) is 11.6 Å². The molecular weight excluding hydrogens is 268 g/mol. The Kier molecular flexibility index (Phi) is 4.61. The number of benzene rings is 2. The zero-order valence-electron chi connectivity index (χ0n) is 12.7. The Labute approximate surface area is 125 Å². The van der Waals surface area contributed by atoms with E-state index >= 15 is 0 Å². The molecule has 112 valence electrons. The minimum Gasteiger partial charge on any atom is -0.380 e. The second-order valence-corrected chi connectivity index (χ2v) is 6.12. The molecule has 2 aromatic rings. The molecule has 1 atom stereocenters. The predicted molar refractivity (Wildman–Crippen MR) is 83.5 cm³/mol. The molecule has 1 N–H and O–H groups in total. The molecule has 0 aliphatic heterocycles. The third-order valence-electron chi connectivity index (χ3n) is 3.70. The molecule has 2 rings (SSSR count). The zero-order chi connectivity index (χ0) is 15.5. The van der Waals surface area contributed by atoms with E-state index in [0.29, 0.717) is 0 Å². The summed E-state index contributed by atoms with van der Waals surface area (Å²) in [5.74, 6) is -0.866. The van der Waals surface area contributed by atoms with Crippen molar-refractivity contribution in [2.45, 2.75) is 38.6 Å². The number of hydrogen-bond acceptors (Lipinski definition) is 1. The lowest BCUT2D eigenvalue weighted by Gasteiger charge is -2.29. The van der Waals surface area contributed by atoms with Crippen LogP contribution in [-0.4, -0.2) is 6.04 Å². The highest BCUT2D eigenvalue weighted by molar-refractivity contribution is 5.45. The Morgan fingerprint density at radius 2 is 1.71 bits per heavy atom. The van der Waals surface area contributed by atoms with Crippen LogP contribution in [0.25, 0.3) is 0 Å². The van der Waals surface area contributed by atoms with Gasteiger partial charge in [0.05, 0.1) is 5.69 Å². The Hall–Kier alpha value is -1.90. The van der Waals surface area contributed by atoms with Gasteiger partial charge in [0.2, 0.25) is 0 Å². The fraction of sp³-hybridized carbons (Fsp3) is 0.333. The summed E-state index contributed by atoms with van der Waals surface area (Å²) in [6.07, 6.45) is 0.812. The van der Waals surface area contributed by atoms with E-state index < -0.39 is 11.6 Å². The first-order valence-electron chi connectivity index (χ1n) is 7.15. The van der Waals surface area contributed by atoms with Gasteiger partial charge in [-0.3, -0.25) is 0 Å². The van der Waals surface area contributed by atoms with Gasteiger partial charge in [0.25, 0.3) is 0 Å². The van der Waals surface area contributed by atoms with Crippen molar-refractivity contribution in [3.8, 4) is 0 Å². The second-order valence-electron chi connectivity index (χ2n) is 6.12. The van der Waals surface area contributed by atoms with Crippen LogP contribution in [-0.2, 0) is 5.41 Å². The molecule has 0 aromatic heterocycles. The van der Waals surface area contributed by atoms with Crippen molar-refractivity contribution in [2.24, 2.45) is 0 Å². The first-order chi connectivity index (χ1) is 9.88. The normalized spacial score (nSPS) is 13.0. The molecule has 0 bridgehead atoms. The lowest BCUT2D eigenvalue weighted by Crippen LogP contribution is -2.28. The van der Waals surface area contributed by atoms with E-state index in [-0.39, 0.29) is 17.1 Å². The fourth-order valence-electron chi connectivity index (χ4n) is 2.70. The van der Waals surface area contributed by atoms with Gasteiger partial charge < -0.3 is 5.32 Å². The smallest absolute Gasteiger partial charge is 0.146 e. The average molecular weight is 289 g/mol. The maximum atomic E-state index is 13.7. The molecule has 1 nitrogen and oxygen atoms in total. The van der Waals surface area contributed by atoms with Crippen molar-refractivity contribution in [1.29, 1.82) is 0 Å². The van der Waals surface area contributed by atoms with Gasteiger partial charge in [-0.2, -0.15) is 0 Å². The van der Waals surface area contributed by atoms with Gasteiger partial charge in [-0.1, -0.05) is 44.2 Å². The van der Waals surface area contributed by atoms with E-state index in [9.17, 15) is 8.78 Å². The molecule has 0 amide bonds. The van der Waals surface area contributed by atoms with Crippen LogP contribution >= 0.6 is 0 Å². The Bertz CT molecular complexity index is 593. The minimum atomic E-state index is -0.437. The van der Waals surface area contributed by atoms with Crippen LogP contribution in [0.1, 0.15) is 32.8 Å². The summed E-state index contributed by atoms with van der Waals surface area (Å²) in [5, 5.41) is 3.06. The summed E-state index contributed by atoms with van der Waals surface area (Å²) in [4.78, 5) is 0. The summed E-state index contributed by atoms with van der Waals surface area (Å²) < 4.78 is 26.9. The van der Waals surface area contributed by atoms with Crippen molar-refractivity contribution in [2.75, 3.05) is 5.32 Å². The topological polar surface area (TPSA) is 12.0 Å². The van der Waals surface area contributed by atoms with E-state index in [1.54, 1.807) is 0 Å². The van der Waals surface area contributed by atoms with Crippen LogP contribution in [0.5, 0.6) is 0 Å². The molecule has 0 aliphatic rings. The van der Waals surface area contributed by atoms with Crippen LogP contribution < -0.4 is 5.32 Å². The van der Waals surface area contributed by atoms with Gasteiger partial charge in [-0.15, -0.1) is 0 Å². The molecule has 0 aliphatic carbocycles. The highest BCUT2D eigenvalue weighted by Gasteiger charge is 2.23. The van der Waals surface area contributed by atoms with Gasteiger partial charge in [-0.25, -0.2) is 8.78 Å². The van der Waals surface area contributed by atoms with E-state index in [4.69, 9.17) is 0 Å². The van der Waals surface area contributed by atoms with Crippen molar-refractivity contribution in [3.05, 3.63) is 65.7 Å². The number of halogens is 2. The lowest BCUT2D eigenvalue weighted by molar-refractivity contribution is 0.449. The summed E-state index contributed by atoms with van der Waals surface area (Å²) in [7, 11) is 0. The third kappa shape index (κ3) is 4.03. The molecule has 0 radical (unpaired) electrons. The van der Waals surface area contributed by atoms with Crippen molar-refractivity contribution >= 4 is 5.69 Å². The van der Waals surface area contributed by atoms with Crippen LogP contribution in [0.4, 0.5) is 14.5 Å². The quantitative estimate of drug-likeness (QED) is 0.804. The number of hydrogen-bond donors (Lipinski definition) is 1. The maximum Gasteiger partial charge on any atom is 0.146 e. The van der Waals surface area contributed by atoms with Crippen LogP contribution in [0.2, 0.25) is 0 Å². The Morgan fingerprint density at radius 3 is 2.38 bits per heavy atom. The average Bonchev–Trinajstić information content (AvgIpc) is 2.43. The second kappa shape index (κ2) is 6.25. The summed E-state index contributed by atoms with van der Waals surface area (Å²) in [6, 6.07) is 13.7. The molecule has 0 saturated heterocycles. The van der Waals surface area contributed by atoms with Crippen LogP contribution in [0.15, 0.2) is 48.5 Å². The largest absolute Gasteiger partial charge is 0.380 e. The van der Waals surface area contributed by atoms with E-state index in [1.165, 1.54) is 11.6 Å². The summed E-state index contributed by atoms with van der Waals surface area (Å²) >= 11 is 0. The third-order valence-corrected chi connectivity index (χ3v) is 3.70. The predicted octanol–water partition coefficient (Wildman–Crippen LogP) is 5.13. The van der Waals surface area contributed by atoms with Gasteiger partial charge >= 0.3 is 0 Å². The summed E-state index contributed by atoms with van der Waals surface area (Å²) in [6.45, 7) is 6.29. The Morgan fingerprint density at radius 1 is 1.05 bits per heavy atom. The molecule has 21 heavy (non-hydrogen) atoms. The molecule has 3 heteroatoms. The van der Waals surface area contributed by atoms with Crippen LogP contribution in [0.3, 0.4) is 0 Å². The minimum absolute atomic E-state index is 0.0245. The van der Waals surface area contributed by atoms with Gasteiger partial charge in [-0.05, 0) is 42.5 Å². The number of rotatable bonds is 5. The van der Waals surface area contributed by atoms with E-state index in [0.717, 1.165) is 18.6 Å². The summed E-state index contributed by atoms with van der Waals surface area (Å²) in [5.41, 5.74) is 1.40. The molecular formula is C18H21F2N. The highest BCUT2D eigenvalue weighted by Crippen LogP contribution is 2.29. The number of anilines is 1. The molecule has 2 aromatic carbocycles. The standard InChI is InChI=1S/C18H21F2N/c1-13(21-17-11-15(19)9-10-16(17)20)12-18(2,3)14-7-5-4-6-8-14/h4-11,13,21H,12H2,1-3H3. The van der Waals surface area contributed by atoms with Gasteiger partial charge in [0, 0.05) is 6.04 Å².